The van der Waals surface area contributed by atoms with Crippen LogP contribution in [-0.4, -0.2) is 27.0 Å². The van der Waals surface area contributed by atoms with Crippen LogP contribution in [0.4, 0.5) is 0 Å². The van der Waals surface area contributed by atoms with Gasteiger partial charge in [-0.15, -0.1) is 11.3 Å². The molecule has 0 unspecified atom stereocenters. The van der Waals surface area contributed by atoms with Crippen molar-refractivity contribution in [2.45, 2.75) is 35.5 Å². The number of carbonyl (C=O) groups is 1. The second-order valence-electron chi connectivity index (χ2n) is 4.42. The molecule has 1 aromatic heterocycles. The Morgan fingerprint density at radius 3 is 2.58 bits per heavy atom. The second-order valence-corrected chi connectivity index (χ2v) is 8.16. The first-order valence-electron chi connectivity index (χ1n) is 5.76. The van der Waals surface area contributed by atoms with Gasteiger partial charge >= 0.3 is 0 Å². The number of halogens is 1. The predicted molar refractivity (Wildman–Crippen MR) is 75.6 cm³/mol. The molecule has 0 saturated heterocycles. The SMILES string of the molecule is COC1(C(=O)NS(=O)(=O)c2cc(Br)cs2)CCCC1. The summed E-state index contributed by atoms with van der Waals surface area (Å²) in [6, 6.07) is 1.47. The number of thiophene rings is 1. The minimum atomic E-state index is -3.82. The molecule has 0 spiro atoms. The molecule has 1 saturated carbocycles. The van der Waals surface area contributed by atoms with Gasteiger partial charge in [0.05, 0.1) is 0 Å². The summed E-state index contributed by atoms with van der Waals surface area (Å²) in [5, 5.41) is 1.65. The van der Waals surface area contributed by atoms with Crippen LogP contribution in [0.25, 0.3) is 0 Å². The van der Waals surface area contributed by atoms with E-state index in [9.17, 15) is 13.2 Å². The number of nitrogens with one attached hydrogen (secondary N) is 1. The molecule has 0 atom stereocenters. The summed E-state index contributed by atoms with van der Waals surface area (Å²) in [6.07, 6.45) is 2.84. The van der Waals surface area contributed by atoms with Crippen LogP contribution in [0, 0.1) is 0 Å². The van der Waals surface area contributed by atoms with Gasteiger partial charge in [0, 0.05) is 17.0 Å². The molecule has 1 aromatic rings. The quantitative estimate of drug-likeness (QED) is 0.885. The molecule has 1 aliphatic rings. The minimum absolute atomic E-state index is 0.108. The number of sulfonamides is 1. The molecule has 0 radical (unpaired) electrons. The maximum atomic E-state index is 12.2. The molecular weight excluding hydrogens is 354 g/mol. The Balaban J connectivity index is 2.18. The van der Waals surface area contributed by atoms with Gasteiger partial charge in [0.25, 0.3) is 15.9 Å². The number of amides is 1. The third-order valence-electron chi connectivity index (χ3n) is 3.25. The fourth-order valence-electron chi connectivity index (χ4n) is 2.17. The van der Waals surface area contributed by atoms with Crippen molar-refractivity contribution in [3.05, 3.63) is 15.9 Å². The number of hydrogen-bond acceptors (Lipinski definition) is 5. The Morgan fingerprint density at radius 2 is 2.11 bits per heavy atom. The van der Waals surface area contributed by atoms with Crippen molar-refractivity contribution in [1.82, 2.24) is 4.72 Å². The first kappa shape index (κ1) is 15.0. The van der Waals surface area contributed by atoms with E-state index in [1.807, 2.05) is 0 Å². The highest BCUT2D eigenvalue weighted by Gasteiger charge is 2.43. The highest BCUT2D eigenvalue weighted by atomic mass is 79.9. The van der Waals surface area contributed by atoms with Gasteiger partial charge in [-0.3, -0.25) is 4.79 Å². The van der Waals surface area contributed by atoms with Crippen molar-refractivity contribution in [1.29, 1.82) is 0 Å². The van der Waals surface area contributed by atoms with Gasteiger partial charge in [-0.25, -0.2) is 13.1 Å². The molecule has 1 heterocycles. The Bertz CT molecular complexity index is 575. The topological polar surface area (TPSA) is 72.5 Å². The van der Waals surface area contributed by atoms with Crippen molar-refractivity contribution < 1.29 is 17.9 Å². The highest BCUT2D eigenvalue weighted by molar-refractivity contribution is 9.10. The average Bonchev–Trinajstić information content (AvgIpc) is 2.97. The molecule has 0 aliphatic heterocycles. The minimum Gasteiger partial charge on any atom is -0.368 e. The molecule has 2 rings (SSSR count). The summed E-state index contributed by atoms with van der Waals surface area (Å²) in [5.74, 6) is -0.572. The summed E-state index contributed by atoms with van der Waals surface area (Å²) in [5.41, 5.74) is -0.998. The first-order chi connectivity index (χ1) is 8.89. The average molecular weight is 368 g/mol. The van der Waals surface area contributed by atoms with Crippen LogP contribution >= 0.6 is 27.3 Å². The first-order valence-corrected chi connectivity index (χ1v) is 8.92. The van der Waals surface area contributed by atoms with E-state index in [2.05, 4.69) is 20.7 Å². The van der Waals surface area contributed by atoms with E-state index in [4.69, 9.17) is 4.74 Å². The fourth-order valence-corrected chi connectivity index (χ4v) is 5.06. The van der Waals surface area contributed by atoms with E-state index in [1.54, 1.807) is 5.38 Å². The lowest BCUT2D eigenvalue weighted by Gasteiger charge is -2.25. The lowest BCUT2D eigenvalue weighted by molar-refractivity contribution is -0.140. The van der Waals surface area contributed by atoms with Crippen LogP contribution in [0.1, 0.15) is 25.7 Å². The van der Waals surface area contributed by atoms with Gasteiger partial charge in [-0.05, 0) is 47.7 Å². The van der Waals surface area contributed by atoms with Gasteiger partial charge in [0.1, 0.15) is 9.81 Å². The molecule has 0 bridgehead atoms. The van der Waals surface area contributed by atoms with Crippen LogP contribution in [0.5, 0.6) is 0 Å². The zero-order valence-corrected chi connectivity index (χ0v) is 13.5. The van der Waals surface area contributed by atoms with E-state index in [1.165, 1.54) is 13.2 Å². The Labute approximate surface area is 124 Å². The molecule has 1 aliphatic carbocycles. The Morgan fingerprint density at radius 1 is 1.47 bits per heavy atom. The van der Waals surface area contributed by atoms with E-state index in [0.29, 0.717) is 17.3 Å². The molecule has 5 nitrogen and oxygen atoms in total. The monoisotopic (exact) mass is 367 g/mol. The van der Waals surface area contributed by atoms with Crippen molar-refractivity contribution in [3.8, 4) is 0 Å². The molecule has 1 N–H and O–H groups in total. The second kappa shape index (κ2) is 5.51. The van der Waals surface area contributed by atoms with Crippen molar-refractivity contribution in [2.24, 2.45) is 0 Å². The highest BCUT2D eigenvalue weighted by Crippen LogP contribution is 2.33. The van der Waals surface area contributed by atoms with Gasteiger partial charge in [0.15, 0.2) is 0 Å². The summed E-state index contributed by atoms with van der Waals surface area (Å²) in [7, 11) is -2.37. The molecule has 8 heteroatoms. The summed E-state index contributed by atoms with van der Waals surface area (Å²) >= 11 is 4.25. The molecule has 1 amide bonds. The van der Waals surface area contributed by atoms with E-state index in [-0.39, 0.29) is 4.21 Å². The smallest absolute Gasteiger partial charge is 0.273 e. The molecule has 19 heavy (non-hydrogen) atoms. The van der Waals surface area contributed by atoms with Gasteiger partial charge in [-0.1, -0.05) is 0 Å². The van der Waals surface area contributed by atoms with E-state index in [0.717, 1.165) is 24.2 Å². The number of carbonyl (C=O) groups excluding carboxylic acids is 1. The summed E-state index contributed by atoms with van der Waals surface area (Å²) in [6.45, 7) is 0. The van der Waals surface area contributed by atoms with Gasteiger partial charge < -0.3 is 4.74 Å². The summed E-state index contributed by atoms with van der Waals surface area (Å²) < 4.78 is 32.3. The lowest BCUT2D eigenvalue weighted by Crippen LogP contribution is -2.48. The van der Waals surface area contributed by atoms with E-state index >= 15 is 0 Å². The van der Waals surface area contributed by atoms with Crippen molar-refractivity contribution in [3.63, 3.8) is 0 Å². The maximum Gasteiger partial charge on any atom is 0.273 e. The van der Waals surface area contributed by atoms with Gasteiger partial charge in [0.2, 0.25) is 0 Å². The zero-order valence-electron chi connectivity index (χ0n) is 10.3. The van der Waals surface area contributed by atoms with Crippen LogP contribution in [-0.2, 0) is 19.6 Å². The standard InChI is InChI=1S/C11H14BrNO4S2/c1-17-11(4-2-3-5-11)10(14)13-19(15,16)9-6-8(12)7-18-9/h6-7H,2-5H2,1H3,(H,13,14). The Kier molecular flexibility index (Phi) is 4.34. The van der Waals surface area contributed by atoms with Crippen molar-refractivity contribution in [2.75, 3.05) is 7.11 Å². The number of rotatable bonds is 4. The number of ether oxygens (including phenoxy) is 1. The largest absolute Gasteiger partial charge is 0.368 e. The molecular formula is C11H14BrNO4S2. The molecule has 1 fully saturated rings. The van der Waals surface area contributed by atoms with Crippen molar-refractivity contribution >= 4 is 43.2 Å². The van der Waals surface area contributed by atoms with E-state index < -0.39 is 21.5 Å². The third-order valence-corrected chi connectivity index (χ3v) is 6.78. The Hall–Kier alpha value is -0.440. The fraction of sp³-hybridized carbons (Fsp3) is 0.545. The predicted octanol–water partition coefficient (Wildman–Crippen LogP) is 2.27. The lowest BCUT2D eigenvalue weighted by atomic mass is 10.0. The number of methoxy groups -OCH3 is 1. The van der Waals surface area contributed by atoms with Crippen LogP contribution in [0.2, 0.25) is 0 Å². The maximum absolute atomic E-state index is 12.2. The third kappa shape index (κ3) is 3.01. The zero-order chi connectivity index (χ0) is 14.1. The molecule has 0 aromatic carbocycles. The number of hydrogen-bond donors (Lipinski definition) is 1. The van der Waals surface area contributed by atoms with Crippen LogP contribution in [0.3, 0.4) is 0 Å². The normalized spacial score (nSPS) is 18.4. The summed E-state index contributed by atoms with van der Waals surface area (Å²) in [4.78, 5) is 12.2. The molecule has 106 valence electrons. The van der Waals surface area contributed by atoms with Crippen LogP contribution in [0.15, 0.2) is 20.1 Å². The van der Waals surface area contributed by atoms with Crippen LogP contribution < -0.4 is 4.72 Å². The van der Waals surface area contributed by atoms with Gasteiger partial charge in [-0.2, -0.15) is 0 Å².